The number of nitrogens with one attached hydrogen (secondary N) is 1. The van der Waals surface area contributed by atoms with Crippen LogP contribution in [0, 0.1) is 5.92 Å². The molecule has 0 aromatic carbocycles. The number of thiazole rings is 1. The van der Waals surface area contributed by atoms with Crippen molar-refractivity contribution in [2.75, 3.05) is 25.4 Å². The van der Waals surface area contributed by atoms with E-state index in [1.165, 1.54) is 11.3 Å². The lowest BCUT2D eigenvalue weighted by molar-refractivity contribution is -0.131. The molecule has 6 heteroatoms. The third kappa shape index (κ3) is 2.22. The van der Waals surface area contributed by atoms with E-state index >= 15 is 0 Å². The van der Waals surface area contributed by atoms with Crippen LogP contribution >= 0.6 is 11.3 Å². The fourth-order valence-corrected chi connectivity index (χ4v) is 3.57. The molecule has 1 aromatic heterocycles. The van der Waals surface area contributed by atoms with Gasteiger partial charge in [0.2, 0.25) is 5.91 Å². The molecular formula is C12H18N4OS. The standard InChI is InChI=1S/C12H18N4OS/c13-12-15-9(7-18-12)1-2-11(17)16-4-3-8-5-14-6-10(8)16/h7-8,10,14H,1-6H2,(H2,13,15)/t8-,10+/m0/s1. The van der Waals surface area contributed by atoms with Gasteiger partial charge in [-0.15, -0.1) is 11.3 Å². The van der Waals surface area contributed by atoms with Crippen LogP contribution in [0.15, 0.2) is 5.38 Å². The maximum Gasteiger partial charge on any atom is 0.223 e. The summed E-state index contributed by atoms with van der Waals surface area (Å²) in [4.78, 5) is 18.5. The van der Waals surface area contributed by atoms with Crippen LogP contribution in [0.1, 0.15) is 18.5 Å². The summed E-state index contributed by atoms with van der Waals surface area (Å²) < 4.78 is 0. The van der Waals surface area contributed by atoms with Crippen molar-refractivity contribution >= 4 is 22.4 Å². The van der Waals surface area contributed by atoms with Crippen LogP contribution in [0.4, 0.5) is 5.13 Å². The zero-order valence-electron chi connectivity index (χ0n) is 10.3. The van der Waals surface area contributed by atoms with Crippen molar-refractivity contribution in [3.63, 3.8) is 0 Å². The van der Waals surface area contributed by atoms with E-state index in [-0.39, 0.29) is 5.91 Å². The van der Waals surface area contributed by atoms with Crippen LogP contribution in [0.2, 0.25) is 0 Å². The van der Waals surface area contributed by atoms with Gasteiger partial charge in [0, 0.05) is 37.5 Å². The summed E-state index contributed by atoms with van der Waals surface area (Å²) in [6.07, 6.45) is 2.40. The molecule has 2 fully saturated rings. The lowest BCUT2D eigenvalue weighted by Crippen LogP contribution is -2.39. The van der Waals surface area contributed by atoms with Crippen molar-refractivity contribution in [1.29, 1.82) is 0 Å². The normalized spacial score (nSPS) is 26.6. The van der Waals surface area contributed by atoms with Gasteiger partial charge >= 0.3 is 0 Å². The van der Waals surface area contributed by atoms with Crippen LogP contribution in [-0.4, -0.2) is 41.5 Å². The first-order valence-electron chi connectivity index (χ1n) is 6.44. The molecule has 0 saturated carbocycles. The summed E-state index contributed by atoms with van der Waals surface area (Å²) in [5, 5.41) is 5.88. The topological polar surface area (TPSA) is 71.2 Å². The van der Waals surface area contributed by atoms with Gasteiger partial charge in [-0.3, -0.25) is 4.79 Å². The van der Waals surface area contributed by atoms with E-state index in [1.54, 1.807) is 0 Å². The molecular weight excluding hydrogens is 248 g/mol. The van der Waals surface area contributed by atoms with Gasteiger partial charge in [-0.1, -0.05) is 0 Å². The molecule has 98 valence electrons. The monoisotopic (exact) mass is 266 g/mol. The molecule has 18 heavy (non-hydrogen) atoms. The van der Waals surface area contributed by atoms with E-state index in [2.05, 4.69) is 15.2 Å². The number of nitrogens with two attached hydrogens (primary N) is 1. The Hall–Kier alpha value is -1.14. The number of hydrogen-bond donors (Lipinski definition) is 2. The van der Waals surface area contributed by atoms with Gasteiger partial charge in [0.1, 0.15) is 0 Å². The predicted octanol–water partition coefficient (Wildman–Crippen LogP) is 0.478. The summed E-state index contributed by atoms with van der Waals surface area (Å²) in [7, 11) is 0. The molecule has 0 aliphatic carbocycles. The third-order valence-electron chi connectivity index (χ3n) is 3.93. The zero-order valence-corrected chi connectivity index (χ0v) is 11.1. The van der Waals surface area contributed by atoms with E-state index in [4.69, 9.17) is 5.73 Å². The number of likely N-dealkylation sites (tertiary alicyclic amines) is 1. The number of carbonyl (C=O) groups excluding carboxylic acids is 1. The maximum atomic E-state index is 12.2. The van der Waals surface area contributed by atoms with E-state index in [1.807, 2.05) is 5.38 Å². The first-order valence-corrected chi connectivity index (χ1v) is 7.32. The Morgan fingerprint density at radius 1 is 1.61 bits per heavy atom. The summed E-state index contributed by atoms with van der Waals surface area (Å²) in [5.41, 5.74) is 6.52. The van der Waals surface area contributed by atoms with Gasteiger partial charge in [0.05, 0.1) is 5.69 Å². The van der Waals surface area contributed by atoms with Crippen LogP contribution < -0.4 is 11.1 Å². The molecule has 3 rings (SSSR count). The smallest absolute Gasteiger partial charge is 0.223 e. The summed E-state index contributed by atoms with van der Waals surface area (Å²) in [6, 6.07) is 0.429. The Kier molecular flexibility index (Phi) is 3.22. The minimum Gasteiger partial charge on any atom is -0.375 e. The molecule has 2 saturated heterocycles. The van der Waals surface area contributed by atoms with Crippen molar-refractivity contribution in [2.24, 2.45) is 5.92 Å². The lowest BCUT2D eigenvalue weighted by atomic mass is 10.1. The number of nitrogen functional groups attached to an aromatic ring is 1. The molecule has 1 aromatic rings. The fourth-order valence-electron chi connectivity index (χ4n) is 2.97. The molecule has 1 amide bonds. The first kappa shape index (κ1) is 11.9. The number of fused-ring (bicyclic) bond motifs is 1. The fraction of sp³-hybridized carbons (Fsp3) is 0.667. The van der Waals surface area contributed by atoms with E-state index in [9.17, 15) is 4.79 Å². The highest BCUT2D eigenvalue weighted by atomic mass is 32.1. The molecule has 2 aliphatic heterocycles. The minimum atomic E-state index is 0.262. The average molecular weight is 266 g/mol. The van der Waals surface area contributed by atoms with Crippen molar-refractivity contribution < 1.29 is 4.79 Å². The second-order valence-electron chi connectivity index (χ2n) is 5.04. The van der Waals surface area contributed by atoms with Crippen molar-refractivity contribution in [1.82, 2.24) is 15.2 Å². The third-order valence-corrected chi connectivity index (χ3v) is 4.65. The number of amides is 1. The Morgan fingerprint density at radius 2 is 2.50 bits per heavy atom. The van der Waals surface area contributed by atoms with Gasteiger partial charge in [-0.2, -0.15) is 0 Å². The Morgan fingerprint density at radius 3 is 3.28 bits per heavy atom. The van der Waals surface area contributed by atoms with Gasteiger partial charge in [-0.25, -0.2) is 4.98 Å². The van der Waals surface area contributed by atoms with Crippen LogP contribution in [0.25, 0.3) is 0 Å². The van der Waals surface area contributed by atoms with E-state index in [0.29, 0.717) is 29.9 Å². The molecule has 0 bridgehead atoms. The maximum absolute atomic E-state index is 12.2. The number of carbonyl (C=O) groups is 1. The van der Waals surface area contributed by atoms with E-state index in [0.717, 1.165) is 31.7 Å². The SMILES string of the molecule is Nc1nc(CCC(=O)N2CC[C@H]3CNC[C@H]32)cs1. The Bertz CT molecular complexity index is 447. The Balaban J connectivity index is 1.55. The highest BCUT2D eigenvalue weighted by Crippen LogP contribution is 2.27. The lowest BCUT2D eigenvalue weighted by Gasteiger charge is -2.23. The Labute approximate surface area is 110 Å². The van der Waals surface area contributed by atoms with Crippen LogP contribution in [0.5, 0.6) is 0 Å². The van der Waals surface area contributed by atoms with Crippen molar-refractivity contribution in [3.8, 4) is 0 Å². The number of anilines is 1. The van der Waals surface area contributed by atoms with E-state index < -0.39 is 0 Å². The average Bonchev–Trinajstić information content (AvgIpc) is 3.01. The second-order valence-corrected chi connectivity index (χ2v) is 5.93. The quantitative estimate of drug-likeness (QED) is 0.834. The molecule has 0 radical (unpaired) electrons. The number of aromatic nitrogens is 1. The van der Waals surface area contributed by atoms with Crippen LogP contribution in [-0.2, 0) is 11.2 Å². The molecule has 3 N–H and O–H groups in total. The molecule has 3 heterocycles. The van der Waals surface area contributed by atoms with Gasteiger partial charge < -0.3 is 16.0 Å². The first-order chi connectivity index (χ1) is 8.74. The number of nitrogens with zero attached hydrogens (tertiary/aromatic N) is 2. The van der Waals surface area contributed by atoms with Gasteiger partial charge in [-0.05, 0) is 18.8 Å². The highest BCUT2D eigenvalue weighted by Gasteiger charge is 2.39. The molecule has 0 spiro atoms. The number of hydrogen-bond acceptors (Lipinski definition) is 5. The summed E-state index contributed by atoms with van der Waals surface area (Å²) in [6.45, 7) is 2.95. The van der Waals surface area contributed by atoms with Crippen LogP contribution in [0.3, 0.4) is 0 Å². The molecule has 5 nitrogen and oxygen atoms in total. The number of aryl methyl sites for hydroxylation is 1. The van der Waals surface area contributed by atoms with Crippen molar-refractivity contribution in [2.45, 2.75) is 25.3 Å². The largest absolute Gasteiger partial charge is 0.375 e. The predicted molar refractivity (Wildman–Crippen MR) is 71.3 cm³/mol. The number of rotatable bonds is 3. The molecule has 2 atom stereocenters. The van der Waals surface area contributed by atoms with Crippen molar-refractivity contribution in [3.05, 3.63) is 11.1 Å². The highest BCUT2D eigenvalue weighted by molar-refractivity contribution is 7.13. The second kappa shape index (κ2) is 4.85. The van der Waals surface area contributed by atoms with Gasteiger partial charge in [0.15, 0.2) is 5.13 Å². The summed E-state index contributed by atoms with van der Waals surface area (Å²) >= 11 is 1.44. The minimum absolute atomic E-state index is 0.262. The molecule has 0 unspecified atom stereocenters. The van der Waals surface area contributed by atoms with Gasteiger partial charge in [0.25, 0.3) is 0 Å². The molecule has 2 aliphatic rings. The zero-order chi connectivity index (χ0) is 12.5. The summed E-state index contributed by atoms with van der Waals surface area (Å²) in [5.74, 6) is 0.932.